The van der Waals surface area contributed by atoms with Gasteiger partial charge in [0.2, 0.25) is 0 Å². The molecule has 0 N–H and O–H groups in total. The van der Waals surface area contributed by atoms with Gasteiger partial charge in [0.1, 0.15) is 0 Å². The zero-order chi connectivity index (χ0) is 28.8. The lowest BCUT2D eigenvalue weighted by Gasteiger charge is -2.16. The zero-order valence-corrected chi connectivity index (χ0v) is 23.8. The topological polar surface area (TPSA) is 25.8 Å². The van der Waals surface area contributed by atoms with Crippen LogP contribution in [-0.4, -0.2) is 9.97 Å². The van der Waals surface area contributed by atoms with E-state index in [0.29, 0.717) is 0 Å². The maximum Gasteiger partial charge on any atom is 0.0746 e. The summed E-state index contributed by atoms with van der Waals surface area (Å²) >= 11 is 0. The predicted molar refractivity (Wildman–Crippen MR) is 181 cm³/mol. The monoisotopic (exact) mass is 548 g/mol. The Morgan fingerprint density at radius 1 is 0.395 bits per heavy atom. The Labute approximate surface area is 251 Å². The molecule has 0 saturated carbocycles. The average Bonchev–Trinajstić information content (AvgIpc) is 3.07. The Bertz CT molecular complexity index is 2300. The van der Waals surface area contributed by atoms with Gasteiger partial charge < -0.3 is 0 Å². The number of benzene rings is 6. The van der Waals surface area contributed by atoms with Crippen molar-refractivity contribution in [3.63, 3.8) is 0 Å². The largest absolute Gasteiger partial charge is 0.256 e. The number of hydrogen-bond acceptors (Lipinski definition) is 2. The van der Waals surface area contributed by atoms with E-state index in [0.717, 1.165) is 39.3 Å². The van der Waals surface area contributed by atoms with Crippen molar-refractivity contribution in [3.8, 4) is 44.9 Å². The molecule has 2 heterocycles. The van der Waals surface area contributed by atoms with E-state index in [1.807, 2.05) is 12.3 Å². The molecule has 0 aliphatic heterocycles. The number of rotatable bonds is 4. The zero-order valence-electron chi connectivity index (χ0n) is 23.8. The summed E-state index contributed by atoms with van der Waals surface area (Å²) in [5.41, 5.74) is 9.63. The van der Waals surface area contributed by atoms with E-state index in [9.17, 15) is 0 Å². The van der Waals surface area contributed by atoms with Crippen molar-refractivity contribution in [3.05, 3.63) is 157 Å². The van der Waals surface area contributed by atoms with E-state index in [1.165, 1.54) is 43.4 Å². The maximum absolute atomic E-state index is 5.34. The minimum atomic E-state index is 0.939. The summed E-state index contributed by atoms with van der Waals surface area (Å²) in [6, 6.07) is 51.9. The number of fused-ring (bicyclic) bond motifs is 3. The Kier molecular flexibility index (Phi) is 6.05. The highest BCUT2D eigenvalue weighted by atomic mass is 14.7. The fraction of sp³-hybridized carbons (Fsp3) is 0.0244. The van der Waals surface area contributed by atoms with Gasteiger partial charge in [-0.1, -0.05) is 103 Å². The van der Waals surface area contributed by atoms with Crippen LogP contribution in [0.5, 0.6) is 0 Å². The molecule has 0 atom stereocenters. The van der Waals surface area contributed by atoms with Crippen LogP contribution in [0.3, 0.4) is 0 Å². The van der Waals surface area contributed by atoms with Crippen LogP contribution in [0.25, 0.3) is 77.2 Å². The van der Waals surface area contributed by atoms with E-state index in [4.69, 9.17) is 9.97 Å². The lowest BCUT2D eigenvalue weighted by molar-refractivity contribution is 1.25. The standard InChI is InChI=1S/C41H28N2/c1-27-38(34-17-15-28-9-5-6-12-30(28)22-34)26-40(35-18-16-33-21-31-13-7-8-14-32(31)23-37(33)24-35)43-41(27)36-19-20-42-39(25-36)29-10-3-2-4-11-29/h2-26H,1H3. The van der Waals surface area contributed by atoms with Gasteiger partial charge in [-0.2, -0.15) is 0 Å². The first kappa shape index (κ1) is 25.1. The molecule has 8 aromatic rings. The first-order chi connectivity index (χ1) is 21.2. The van der Waals surface area contributed by atoms with Gasteiger partial charge in [0, 0.05) is 22.9 Å². The van der Waals surface area contributed by atoms with Gasteiger partial charge in [0.05, 0.1) is 17.1 Å². The van der Waals surface area contributed by atoms with Crippen molar-refractivity contribution in [2.24, 2.45) is 0 Å². The quantitative estimate of drug-likeness (QED) is 0.204. The fourth-order valence-electron chi connectivity index (χ4n) is 6.14. The Morgan fingerprint density at radius 2 is 1.00 bits per heavy atom. The predicted octanol–water partition coefficient (Wildman–Crippen LogP) is 10.9. The normalized spacial score (nSPS) is 11.4. The van der Waals surface area contributed by atoms with Crippen molar-refractivity contribution < 1.29 is 0 Å². The molecule has 43 heavy (non-hydrogen) atoms. The van der Waals surface area contributed by atoms with Crippen LogP contribution >= 0.6 is 0 Å². The summed E-state index contributed by atoms with van der Waals surface area (Å²) in [4.78, 5) is 10.0. The second kappa shape index (κ2) is 10.3. The minimum Gasteiger partial charge on any atom is -0.256 e. The van der Waals surface area contributed by atoms with E-state index in [1.54, 1.807) is 0 Å². The third-order valence-electron chi connectivity index (χ3n) is 8.44. The van der Waals surface area contributed by atoms with Crippen LogP contribution in [0.1, 0.15) is 5.56 Å². The lowest BCUT2D eigenvalue weighted by atomic mass is 9.92. The van der Waals surface area contributed by atoms with E-state index in [-0.39, 0.29) is 0 Å². The first-order valence-corrected chi connectivity index (χ1v) is 14.7. The molecule has 0 saturated heterocycles. The Balaban J connectivity index is 1.34. The van der Waals surface area contributed by atoms with Crippen molar-refractivity contribution in [2.75, 3.05) is 0 Å². The molecule has 6 aromatic carbocycles. The minimum absolute atomic E-state index is 0.939. The smallest absolute Gasteiger partial charge is 0.0746 e. The summed E-state index contributed by atoms with van der Waals surface area (Å²) in [5, 5.41) is 7.40. The molecule has 0 spiro atoms. The molecular weight excluding hydrogens is 520 g/mol. The highest BCUT2D eigenvalue weighted by Gasteiger charge is 2.16. The molecule has 0 radical (unpaired) electrons. The van der Waals surface area contributed by atoms with Gasteiger partial charge >= 0.3 is 0 Å². The molecule has 2 nitrogen and oxygen atoms in total. The molecule has 202 valence electrons. The summed E-state index contributed by atoms with van der Waals surface area (Å²) in [7, 11) is 0. The lowest BCUT2D eigenvalue weighted by Crippen LogP contribution is -1.97. The third-order valence-corrected chi connectivity index (χ3v) is 8.44. The van der Waals surface area contributed by atoms with Crippen LogP contribution in [0.2, 0.25) is 0 Å². The SMILES string of the molecule is Cc1c(-c2ccc3ccccc3c2)cc(-c2ccc3cc4ccccc4cc3c2)nc1-c1ccnc(-c2ccccc2)c1. The van der Waals surface area contributed by atoms with Gasteiger partial charge in [-0.15, -0.1) is 0 Å². The molecule has 2 heteroatoms. The van der Waals surface area contributed by atoms with Crippen LogP contribution in [-0.2, 0) is 0 Å². The van der Waals surface area contributed by atoms with Crippen LogP contribution in [0, 0.1) is 6.92 Å². The maximum atomic E-state index is 5.34. The van der Waals surface area contributed by atoms with E-state index < -0.39 is 0 Å². The number of pyridine rings is 2. The van der Waals surface area contributed by atoms with Crippen molar-refractivity contribution in [1.82, 2.24) is 9.97 Å². The number of hydrogen-bond donors (Lipinski definition) is 0. The number of aromatic nitrogens is 2. The molecule has 0 aliphatic carbocycles. The molecule has 0 amide bonds. The number of nitrogens with zero attached hydrogens (tertiary/aromatic N) is 2. The second-order valence-corrected chi connectivity index (χ2v) is 11.1. The Morgan fingerprint density at radius 3 is 1.79 bits per heavy atom. The van der Waals surface area contributed by atoms with Gasteiger partial charge in [0.25, 0.3) is 0 Å². The van der Waals surface area contributed by atoms with Crippen LogP contribution < -0.4 is 0 Å². The second-order valence-electron chi connectivity index (χ2n) is 11.1. The van der Waals surface area contributed by atoms with E-state index >= 15 is 0 Å². The van der Waals surface area contributed by atoms with Gasteiger partial charge in [-0.05, 0) is 98.4 Å². The summed E-state index contributed by atoms with van der Waals surface area (Å²) < 4.78 is 0. The van der Waals surface area contributed by atoms with Crippen molar-refractivity contribution in [2.45, 2.75) is 6.92 Å². The van der Waals surface area contributed by atoms with Crippen LogP contribution in [0.4, 0.5) is 0 Å². The summed E-state index contributed by atoms with van der Waals surface area (Å²) in [6.07, 6.45) is 1.89. The highest BCUT2D eigenvalue weighted by Crippen LogP contribution is 2.37. The molecular formula is C41H28N2. The average molecular weight is 549 g/mol. The van der Waals surface area contributed by atoms with Crippen molar-refractivity contribution in [1.29, 1.82) is 0 Å². The highest BCUT2D eigenvalue weighted by molar-refractivity contribution is 6.00. The molecule has 0 unspecified atom stereocenters. The van der Waals surface area contributed by atoms with Gasteiger partial charge in [0.15, 0.2) is 0 Å². The molecule has 0 bridgehead atoms. The fourth-order valence-corrected chi connectivity index (χ4v) is 6.14. The molecule has 0 aliphatic rings. The van der Waals surface area contributed by atoms with Gasteiger partial charge in [-0.25, -0.2) is 4.98 Å². The molecule has 0 fully saturated rings. The van der Waals surface area contributed by atoms with Crippen molar-refractivity contribution >= 4 is 32.3 Å². The van der Waals surface area contributed by atoms with E-state index in [2.05, 4.69) is 146 Å². The third kappa shape index (κ3) is 4.64. The molecule has 2 aromatic heterocycles. The van der Waals surface area contributed by atoms with Gasteiger partial charge in [-0.3, -0.25) is 4.98 Å². The summed E-state index contributed by atoms with van der Waals surface area (Å²) in [5.74, 6) is 0. The molecule has 8 rings (SSSR count). The summed E-state index contributed by atoms with van der Waals surface area (Å²) in [6.45, 7) is 2.19. The Hall–Kier alpha value is -5.60. The van der Waals surface area contributed by atoms with Crippen LogP contribution in [0.15, 0.2) is 152 Å². The first-order valence-electron chi connectivity index (χ1n) is 14.7.